The Balaban J connectivity index is 2.16. The van der Waals surface area contributed by atoms with E-state index in [0.717, 1.165) is 6.42 Å². The molecule has 0 aliphatic heterocycles. The molecule has 0 bridgehead atoms. The Morgan fingerprint density at radius 2 is 2.33 bits per heavy atom. The summed E-state index contributed by atoms with van der Waals surface area (Å²) in [6, 6.07) is 0. The number of aliphatic hydroxyl groups is 1. The van der Waals surface area contributed by atoms with Gasteiger partial charge in [-0.2, -0.15) is 0 Å². The maximum Gasteiger partial charge on any atom is 0.139 e. The van der Waals surface area contributed by atoms with Crippen LogP contribution in [0.2, 0.25) is 0 Å². The van der Waals surface area contributed by atoms with Crippen molar-refractivity contribution in [3.05, 3.63) is 0 Å². The van der Waals surface area contributed by atoms with E-state index in [4.69, 9.17) is 5.11 Å². The second kappa shape index (κ2) is 2.32. The van der Waals surface area contributed by atoms with Gasteiger partial charge in [-0.1, -0.05) is 13.8 Å². The van der Waals surface area contributed by atoms with Gasteiger partial charge in [0.1, 0.15) is 5.78 Å². The van der Waals surface area contributed by atoms with E-state index in [1.165, 1.54) is 6.42 Å². The molecule has 0 aromatic rings. The Morgan fingerprint density at radius 1 is 1.67 bits per heavy atom. The summed E-state index contributed by atoms with van der Waals surface area (Å²) in [6.07, 6.45) is 1.89. The van der Waals surface area contributed by atoms with E-state index in [0.29, 0.717) is 23.0 Å². The van der Waals surface area contributed by atoms with Crippen molar-refractivity contribution in [2.24, 2.45) is 23.2 Å². The third kappa shape index (κ3) is 0.817. The Labute approximate surface area is 73.0 Å². The minimum atomic E-state index is -0.0209. The van der Waals surface area contributed by atoms with Crippen molar-refractivity contribution in [1.82, 2.24) is 0 Å². The lowest BCUT2D eigenvalue weighted by Crippen LogP contribution is -2.15. The molecule has 12 heavy (non-hydrogen) atoms. The average molecular weight is 168 g/mol. The number of carbonyl (C=O) groups excluding carboxylic acids is 1. The molecule has 0 amide bonds. The van der Waals surface area contributed by atoms with E-state index in [-0.39, 0.29) is 12.5 Å². The van der Waals surface area contributed by atoms with Gasteiger partial charge in [0, 0.05) is 12.3 Å². The van der Waals surface area contributed by atoms with Crippen LogP contribution in [0.15, 0.2) is 0 Å². The van der Waals surface area contributed by atoms with Crippen LogP contribution in [0.4, 0.5) is 0 Å². The highest BCUT2D eigenvalue weighted by Gasteiger charge is 2.65. The summed E-state index contributed by atoms with van der Waals surface area (Å²) in [7, 11) is 0. The molecule has 68 valence electrons. The van der Waals surface area contributed by atoms with E-state index in [9.17, 15) is 4.79 Å². The molecule has 1 unspecified atom stereocenters. The normalized spacial score (nSPS) is 45.2. The second-order valence-electron chi connectivity index (χ2n) is 4.63. The van der Waals surface area contributed by atoms with Gasteiger partial charge >= 0.3 is 0 Å². The number of aliphatic hydroxyl groups excluding tert-OH is 1. The van der Waals surface area contributed by atoms with E-state index < -0.39 is 0 Å². The van der Waals surface area contributed by atoms with Crippen molar-refractivity contribution in [2.75, 3.05) is 6.61 Å². The number of Topliss-reactive ketones (excluding diaryl/α,β-unsaturated/α-hetero) is 1. The van der Waals surface area contributed by atoms with Gasteiger partial charge in [0.25, 0.3) is 0 Å². The van der Waals surface area contributed by atoms with E-state index in [1.807, 2.05) is 0 Å². The average Bonchev–Trinajstić information content (AvgIpc) is 2.61. The first kappa shape index (κ1) is 8.24. The summed E-state index contributed by atoms with van der Waals surface area (Å²) in [5.41, 5.74) is 0.296. The topological polar surface area (TPSA) is 37.3 Å². The minimum absolute atomic E-state index is 0.0209. The maximum absolute atomic E-state index is 11.4. The van der Waals surface area contributed by atoms with Crippen molar-refractivity contribution < 1.29 is 9.90 Å². The van der Waals surface area contributed by atoms with Crippen LogP contribution in [-0.4, -0.2) is 17.5 Å². The van der Waals surface area contributed by atoms with Gasteiger partial charge in [-0.05, 0) is 23.7 Å². The molecule has 2 heteroatoms. The van der Waals surface area contributed by atoms with Gasteiger partial charge in [0.15, 0.2) is 0 Å². The summed E-state index contributed by atoms with van der Waals surface area (Å²) in [5.74, 6) is 1.38. The molecule has 3 atom stereocenters. The summed E-state index contributed by atoms with van der Waals surface area (Å²) < 4.78 is 0. The molecule has 2 fully saturated rings. The fourth-order valence-corrected chi connectivity index (χ4v) is 2.87. The second-order valence-corrected chi connectivity index (χ2v) is 4.63. The van der Waals surface area contributed by atoms with Gasteiger partial charge in [0.2, 0.25) is 0 Å². The molecule has 2 nitrogen and oxygen atoms in total. The molecule has 1 N–H and O–H groups in total. The summed E-state index contributed by atoms with van der Waals surface area (Å²) in [5, 5.41) is 9.01. The Morgan fingerprint density at radius 3 is 2.67 bits per heavy atom. The molecule has 0 saturated heterocycles. The van der Waals surface area contributed by atoms with Crippen LogP contribution in [0.5, 0.6) is 0 Å². The van der Waals surface area contributed by atoms with Crippen molar-refractivity contribution >= 4 is 5.78 Å². The number of hydrogen-bond acceptors (Lipinski definition) is 2. The van der Waals surface area contributed by atoms with E-state index in [2.05, 4.69) is 13.8 Å². The van der Waals surface area contributed by atoms with Gasteiger partial charge in [-0.15, -0.1) is 0 Å². The first-order chi connectivity index (χ1) is 5.62. The molecule has 0 aromatic carbocycles. The maximum atomic E-state index is 11.4. The Kier molecular flexibility index (Phi) is 1.59. The zero-order chi connectivity index (χ0) is 8.93. The number of hydrogen-bond donors (Lipinski definition) is 1. The predicted molar refractivity (Wildman–Crippen MR) is 45.6 cm³/mol. The van der Waals surface area contributed by atoms with Gasteiger partial charge in [0.05, 0.1) is 6.61 Å². The standard InChI is InChI=1S/C10H16O2/c1-6(2)10-3-8(10)7(5-11)9(12)4-10/h6-8,11H,3-5H2,1-2H3/t7-,8?,10-/m0/s1. The third-order valence-electron chi connectivity index (χ3n) is 3.93. The van der Waals surface area contributed by atoms with Crippen LogP contribution < -0.4 is 0 Å². The van der Waals surface area contributed by atoms with Gasteiger partial charge in [-0.25, -0.2) is 0 Å². The zero-order valence-corrected chi connectivity index (χ0v) is 7.71. The molecular weight excluding hydrogens is 152 g/mol. The van der Waals surface area contributed by atoms with E-state index >= 15 is 0 Å². The number of fused-ring (bicyclic) bond motifs is 1. The lowest BCUT2D eigenvalue weighted by atomic mass is 9.90. The van der Waals surface area contributed by atoms with E-state index in [1.54, 1.807) is 0 Å². The van der Waals surface area contributed by atoms with Crippen LogP contribution >= 0.6 is 0 Å². The lowest BCUT2D eigenvalue weighted by molar-refractivity contribution is -0.123. The first-order valence-electron chi connectivity index (χ1n) is 4.75. The largest absolute Gasteiger partial charge is 0.396 e. The molecule has 2 rings (SSSR count). The Bertz CT molecular complexity index is 222. The van der Waals surface area contributed by atoms with Crippen molar-refractivity contribution in [3.63, 3.8) is 0 Å². The van der Waals surface area contributed by atoms with Gasteiger partial charge < -0.3 is 5.11 Å². The van der Waals surface area contributed by atoms with Crippen molar-refractivity contribution in [1.29, 1.82) is 0 Å². The molecule has 2 aliphatic carbocycles. The first-order valence-corrected chi connectivity index (χ1v) is 4.75. The predicted octanol–water partition coefficient (Wildman–Crippen LogP) is 1.23. The highest BCUT2D eigenvalue weighted by molar-refractivity contribution is 5.86. The van der Waals surface area contributed by atoms with Crippen LogP contribution in [0, 0.1) is 23.2 Å². The summed E-state index contributed by atoms with van der Waals surface area (Å²) in [4.78, 5) is 11.4. The number of rotatable bonds is 2. The van der Waals surface area contributed by atoms with Crippen LogP contribution in [0.25, 0.3) is 0 Å². The third-order valence-corrected chi connectivity index (χ3v) is 3.93. The quantitative estimate of drug-likeness (QED) is 0.673. The molecular formula is C10H16O2. The monoisotopic (exact) mass is 168 g/mol. The minimum Gasteiger partial charge on any atom is -0.396 e. The van der Waals surface area contributed by atoms with Crippen LogP contribution in [0.1, 0.15) is 26.7 Å². The smallest absolute Gasteiger partial charge is 0.139 e. The molecule has 2 aliphatic rings. The lowest BCUT2D eigenvalue weighted by Gasteiger charge is -2.14. The van der Waals surface area contributed by atoms with Crippen LogP contribution in [0.3, 0.4) is 0 Å². The molecule has 0 spiro atoms. The molecule has 2 saturated carbocycles. The number of carbonyl (C=O) groups is 1. The highest BCUT2D eigenvalue weighted by atomic mass is 16.3. The van der Waals surface area contributed by atoms with Crippen molar-refractivity contribution in [2.45, 2.75) is 26.7 Å². The molecule has 0 aromatic heterocycles. The fraction of sp³-hybridized carbons (Fsp3) is 0.900. The fourth-order valence-electron chi connectivity index (χ4n) is 2.87. The Hall–Kier alpha value is -0.370. The highest BCUT2D eigenvalue weighted by Crippen LogP contribution is 2.68. The summed E-state index contributed by atoms with van der Waals surface area (Å²) in [6.45, 7) is 4.44. The van der Waals surface area contributed by atoms with Crippen LogP contribution in [-0.2, 0) is 4.79 Å². The van der Waals surface area contributed by atoms with Gasteiger partial charge in [-0.3, -0.25) is 4.79 Å². The molecule has 0 heterocycles. The zero-order valence-electron chi connectivity index (χ0n) is 7.71. The number of ketones is 1. The SMILES string of the molecule is CC(C)[C@]12CC(=O)[C@@H](CO)C1C2. The molecule has 0 radical (unpaired) electrons. The summed E-state index contributed by atoms with van der Waals surface area (Å²) >= 11 is 0. The van der Waals surface area contributed by atoms with Crippen molar-refractivity contribution in [3.8, 4) is 0 Å².